The van der Waals surface area contributed by atoms with Crippen LogP contribution in [0.25, 0.3) is 0 Å². The van der Waals surface area contributed by atoms with Crippen molar-refractivity contribution in [3.8, 4) is 17.2 Å². The summed E-state index contributed by atoms with van der Waals surface area (Å²) in [5, 5.41) is 0. The summed E-state index contributed by atoms with van der Waals surface area (Å²) in [4.78, 5) is 14.4. The molecule has 0 unspecified atom stereocenters. The van der Waals surface area contributed by atoms with E-state index in [1.54, 1.807) is 34.0 Å². The molecular weight excluding hydrogens is 501 g/mol. The number of nitrogens with zero attached hydrogens (tertiary/aromatic N) is 1. The van der Waals surface area contributed by atoms with Crippen LogP contribution < -0.4 is 19.1 Å². The number of hydrogen-bond donors (Lipinski definition) is 0. The fourth-order valence-corrected chi connectivity index (χ4v) is 3.48. The lowest BCUT2D eigenvalue weighted by Crippen LogP contribution is -2.38. The zero-order chi connectivity index (χ0) is 21.5. The van der Waals surface area contributed by atoms with E-state index in [-0.39, 0.29) is 13.3 Å². The number of carbonyl (C=O) groups excluding carboxylic acids is 1. The first-order chi connectivity index (χ1) is 13.1. The van der Waals surface area contributed by atoms with E-state index in [0.29, 0.717) is 32.1 Å². The van der Waals surface area contributed by atoms with Crippen molar-refractivity contribution in [1.29, 1.82) is 0 Å². The number of methoxy groups -OCH3 is 3. The Morgan fingerprint density at radius 3 is 2.21 bits per heavy atom. The van der Waals surface area contributed by atoms with Crippen molar-refractivity contribution < 1.29 is 28.5 Å². The van der Waals surface area contributed by atoms with Crippen LogP contribution in [0.4, 0.5) is 10.5 Å². The minimum absolute atomic E-state index is 0.0194. The summed E-state index contributed by atoms with van der Waals surface area (Å²) in [7, 11) is 4.59. The van der Waals surface area contributed by atoms with E-state index in [1.807, 2.05) is 6.92 Å². The van der Waals surface area contributed by atoms with Gasteiger partial charge in [-0.2, -0.15) is 0 Å². The first kappa shape index (κ1) is 24.6. The molecule has 0 atom stereocenters. The molecular formula is C19H27ClINO6. The standard InChI is InChI=1S/C19H27ClINO6/c1-12-15(25-6)14(13(21)17(16(12)26-7)27-11-24-5)22(10-8-9-20)18(23)28-19(2,3)4/h8-9H,10-11H2,1-7H3. The second kappa shape index (κ2) is 11.0. The third-order valence-electron chi connectivity index (χ3n) is 3.50. The number of ether oxygens (including phenoxy) is 5. The van der Waals surface area contributed by atoms with Crippen LogP contribution in [-0.4, -0.2) is 46.4 Å². The second-order valence-corrected chi connectivity index (χ2v) is 8.02. The number of halogens is 2. The van der Waals surface area contributed by atoms with Crippen LogP contribution in [0.5, 0.6) is 17.2 Å². The molecule has 0 aliphatic heterocycles. The summed E-state index contributed by atoms with van der Waals surface area (Å²) >= 11 is 7.80. The van der Waals surface area contributed by atoms with Crippen molar-refractivity contribution in [2.24, 2.45) is 0 Å². The van der Waals surface area contributed by atoms with E-state index in [0.717, 1.165) is 0 Å². The molecule has 0 N–H and O–H groups in total. The topological polar surface area (TPSA) is 66.5 Å². The van der Waals surface area contributed by atoms with Crippen LogP contribution in [0.3, 0.4) is 0 Å². The highest BCUT2D eigenvalue weighted by Gasteiger charge is 2.32. The Bertz CT molecular complexity index is 718. The predicted octanol–water partition coefficient (Wildman–Crippen LogP) is 5.09. The number of anilines is 1. The minimum atomic E-state index is -0.671. The van der Waals surface area contributed by atoms with Crippen molar-refractivity contribution in [3.63, 3.8) is 0 Å². The third kappa shape index (κ3) is 6.05. The van der Waals surface area contributed by atoms with Gasteiger partial charge in [0.25, 0.3) is 0 Å². The Kier molecular flexibility index (Phi) is 9.65. The number of carbonyl (C=O) groups is 1. The van der Waals surface area contributed by atoms with E-state index < -0.39 is 11.7 Å². The maximum atomic E-state index is 12.9. The molecule has 7 nitrogen and oxygen atoms in total. The second-order valence-electron chi connectivity index (χ2n) is 6.69. The summed E-state index contributed by atoms with van der Waals surface area (Å²) in [6, 6.07) is 0. The van der Waals surface area contributed by atoms with Gasteiger partial charge in [-0.1, -0.05) is 17.7 Å². The third-order valence-corrected chi connectivity index (χ3v) is 4.68. The summed E-state index contributed by atoms with van der Waals surface area (Å²) < 4.78 is 28.1. The van der Waals surface area contributed by atoms with Crippen molar-refractivity contribution in [3.05, 3.63) is 20.7 Å². The van der Waals surface area contributed by atoms with Gasteiger partial charge in [0.2, 0.25) is 0 Å². The molecule has 0 saturated carbocycles. The van der Waals surface area contributed by atoms with Crippen molar-refractivity contribution >= 4 is 46.0 Å². The molecule has 0 heterocycles. The van der Waals surface area contributed by atoms with Gasteiger partial charge in [0, 0.05) is 24.8 Å². The molecule has 0 fully saturated rings. The highest BCUT2D eigenvalue weighted by molar-refractivity contribution is 14.1. The molecule has 0 bridgehead atoms. The van der Waals surface area contributed by atoms with Crippen molar-refractivity contribution in [1.82, 2.24) is 0 Å². The minimum Gasteiger partial charge on any atom is -0.494 e. The molecule has 1 rings (SSSR count). The van der Waals surface area contributed by atoms with Crippen LogP contribution in [0.1, 0.15) is 26.3 Å². The zero-order valence-corrected chi connectivity index (χ0v) is 20.1. The Labute approximate surface area is 185 Å². The van der Waals surface area contributed by atoms with Gasteiger partial charge < -0.3 is 23.7 Å². The highest BCUT2D eigenvalue weighted by Crippen LogP contribution is 2.49. The highest BCUT2D eigenvalue weighted by atomic mass is 127. The maximum Gasteiger partial charge on any atom is 0.415 e. The van der Waals surface area contributed by atoms with Gasteiger partial charge >= 0.3 is 6.09 Å². The van der Waals surface area contributed by atoms with Crippen LogP contribution in [0.2, 0.25) is 0 Å². The van der Waals surface area contributed by atoms with Gasteiger partial charge in [-0.25, -0.2) is 4.79 Å². The van der Waals surface area contributed by atoms with Gasteiger partial charge in [-0.3, -0.25) is 4.90 Å². The van der Waals surface area contributed by atoms with Crippen LogP contribution >= 0.6 is 34.2 Å². The lowest BCUT2D eigenvalue weighted by molar-refractivity contribution is 0.0483. The molecule has 0 aromatic heterocycles. The summed E-state index contributed by atoms with van der Waals surface area (Å²) in [6.07, 6.45) is 1.09. The monoisotopic (exact) mass is 527 g/mol. The van der Waals surface area contributed by atoms with E-state index in [9.17, 15) is 4.79 Å². The van der Waals surface area contributed by atoms with E-state index in [1.165, 1.54) is 24.7 Å². The van der Waals surface area contributed by atoms with Crippen LogP contribution in [0, 0.1) is 10.5 Å². The van der Waals surface area contributed by atoms with Gasteiger partial charge in [0.1, 0.15) is 11.3 Å². The number of rotatable bonds is 8. The average Bonchev–Trinajstić information content (AvgIpc) is 2.61. The lowest BCUT2D eigenvalue weighted by Gasteiger charge is -2.30. The molecule has 1 aromatic rings. The van der Waals surface area contributed by atoms with E-state index in [2.05, 4.69) is 22.6 Å². The quantitative estimate of drug-likeness (QED) is 0.346. The molecule has 28 heavy (non-hydrogen) atoms. The normalized spacial score (nSPS) is 11.5. The fourth-order valence-electron chi connectivity index (χ4n) is 2.46. The fraction of sp³-hybridized carbons (Fsp3) is 0.526. The number of benzene rings is 1. The molecule has 0 spiro atoms. The van der Waals surface area contributed by atoms with Gasteiger partial charge in [-0.05, 0) is 50.3 Å². The van der Waals surface area contributed by atoms with E-state index in [4.69, 9.17) is 35.3 Å². The maximum absolute atomic E-state index is 12.9. The molecule has 0 saturated heterocycles. The molecule has 1 amide bonds. The average molecular weight is 528 g/mol. The Morgan fingerprint density at radius 1 is 1.14 bits per heavy atom. The molecule has 0 aliphatic rings. The summed E-state index contributed by atoms with van der Waals surface area (Å²) in [5.41, 5.74) is 1.84. The molecule has 9 heteroatoms. The van der Waals surface area contributed by atoms with Crippen LogP contribution in [-0.2, 0) is 9.47 Å². The number of amides is 1. The van der Waals surface area contributed by atoms with Crippen LogP contribution in [0.15, 0.2) is 11.6 Å². The van der Waals surface area contributed by atoms with E-state index >= 15 is 0 Å². The first-order valence-electron chi connectivity index (χ1n) is 8.44. The summed E-state index contributed by atoms with van der Waals surface area (Å²) in [5.74, 6) is 1.42. The molecule has 1 aromatic carbocycles. The van der Waals surface area contributed by atoms with Gasteiger partial charge in [0.05, 0.1) is 17.8 Å². The predicted molar refractivity (Wildman–Crippen MR) is 118 cm³/mol. The van der Waals surface area contributed by atoms with Gasteiger partial charge in [0.15, 0.2) is 24.0 Å². The van der Waals surface area contributed by atoms with Crippen molar-refractivity contribution in [2.45, 2.75) is 33.3 Å². The summed E-state index contributed by atoms with van der Waals surface area (Å²) in [6.45, 7) is 7.42. The SMILES string of the molecule is COCOc1c(I)c(N(CC=CCl)C(=O)OC(C)(C)C)c(OC)c(C)c1OC. The number of hydrogen-bond acceptors (Lipinski definition) is 6. The molecule has 158 valence electrons. The largest absolute Gasteiger partial charge is 0.494 e. The zero-order valence-electron chi connectivity index (χ0n) is 17.2. The Hall–Kier alpha value is -1.39. The molecule has 0 aliphatic carbocycles. The smallest absolute Gasteiger partial charge is 0.415 e. The lowest BCUT2D eigenvalue weighted by atomic mass is 10.1. The Balaban J connectivity index is 3.70. The first-order valence-corrected chi connectivity index (χ1v) is 9.95. The van der Waals surface area contributed by atoms with Crippen molar-refractivity contribution in [2.75, 3.05) is 39.6 Å². The van der Waals surface area contributed by atoms with Gasteiger partial charge in [-0.15, -0.1) is 0 Å². The Morgan fingerprint density at radius 2 is 1.75 bits per heavy atom. The molecule has 0 radical (unpaired) electrons.